The number of carbonyl (C=O) groups excluding carboxylic acids is 15. The summed E-state index contributed by atoms with van der Waals surface area (Å²) in [4.78, 5) is 225. The van der Waals surface area contributed by atoms with E-state index < -0.39 is 212 Å². The lowest BCUT2D eigenvalue weighted by Crippen LogP contribution is -2.62. The normalized spacial score (nSPS) is 14.3. The minimum atomic E-state index is -1.84. The predicted octanol–water partition coefficient (Wildman–Crippen LogP) is -2.74. The maximum absolute atomic E-state index is 15.2. The van der Waals surface area contributed by atoms with Crippen molar-refractivity contribution in [1.29, 1.82) is 0 Å². The Labute approximate surface area is 659 Å². The van der Waals surface area contributed by atoms with Crippen LogP contribution in [0.5, 0.6) is 5.75 Å². The Bertz CT molecular complexity index is 4390. The van der Waals surface area contributed by atoms with Crippen molar-refractivity contribution < 1.29 is 92.0 Å². The quantitative estimate of drug-likeness (QED) is 0.0172. The Hall–Kier alpha value is -12.1. The smallest absolute Gasteiger partial charge is 0.303 e. The highest BCUT2D eigenvalue weighted by atomic mass is 32.1. The van der Waals surface area contributed by atoms with Crippen LogP contribution in [0.2, 0.25) is 0 Å². The number of thiol groups is 2. The highest BCUT2D eigenvalue weighted by molar-refractivity contribution is 7.80. The zero-order valence-corrected chi connectivity index (χ0v) is 64.2. The summed E-state index contributed by atoms with van der Waals surface area (Å²) >= 11 is 8.55. The van der Waals surface area contributed by atoms with E-state index in [9.17, 15) is 82.4 Å². The van der Waals surface area contributed by atoms with Gasteiger partial charge in [0, 0.05) is 91.2 Å². The van der Waals surface area contributed by atoms with Crippen molar-refractivity contribution in [1.82, 2.24) is 73.8 Å². The van der Waals surface area contributed by atoms with Crippen LogP contribution < -0.4 is 81.0 Å². The number of nitrogens with one attached hydrogen (secondary N) is 14. The fourth-order valence-corrected chi connectivity index (χ4v) is 12.4. The van der Waals surface area contributed by atoms with E-state index in [0.717, 1.165) is 0 Å². The number of fused-ring (bicyclic) bond motifs is 2. The average Bonchev–Trinajstić information content (AvgIpc) is 1.71. The summed E-state index contributed by atoms with van der Waals surface area (Å²) in [6.45, 7) is 5.26. The zero-order valence-electron chi connectivity index (χ0n) is 62.4. The number of aromatic amines is 2. The number of H-pyrrole nitrogens is 2. The molecule has 0 aliphatic carbocycles. The lowest BCUT2D eigenvalue weighted by Gasteiger charge is -2.29. The minimum Gasteiger partial charge on any atom is -0.508 e. The second-order valence-corrected chi connectivity index (χ2v) is 28.1. The number of nitrogens with two attached hydrogens (primary N) is 3. The minimum absolute atomic E-state index is 0.126. The molecule has 6 aromatic rings. The van der Waals surface area contributed by atoms with Crippen LogP contribution in [-0.2, 0) is 102 Å². The number of amides is 15. The van der Waals surface area contributed by atoms with Crippen LogP contribution in [0, 0.1) is 5.92 Å². The Morgan fingerprint density at radius 3 is 1.21 bits per heavy atom. The van der Waals surface area contributed by atoms with Gasteiger partial charge in [0.1, 0.15) is 72.2 Å². The summed E-state index contributed by atoms with van der Waals surface area (Å²) in [5, 5.41) is 62.3. The number of aromatic hydroxyl groups is 1. The Morgan fingerprint density at radius 2 is 0.779 bits per heavy atom. The molecule has 6 rings (SSSR count). The van der Waals surface area contributed by atoms with Gasteiger partial charge in [-0.2, -0.15) is 25.3 Å². The van der Waals surface area contributed by atoms with Crippen molar-refractivity contribution in [2.24, 2.45) is 23.1 Å². The first-order valence-corrected chi connectivity index (χ1v) is 37.4. The molecule has 38 heteroatoms. The number of phenolic OH excluding ortho intramolecular Hbond substituents is 1. The number of hydrogen-bond acceptors (Lipinski definition) is 20. The number of aliphatic hydroxyl groups excluding tert-OH is 1. The molecule has 0 saturated carbocycles. The molecule has 36 nitrogen and oxygen atoms in total. The van der Waals surface area contributed by atoms with E-state index in [4.69, 9.17) is 17.2 Å². The van der Waals surface area contributed by atoms with Gasteiger partial charge >= 0.3 is 5.97 Å². The largest absolute Gasteiger partial charge is 0.508 e. The molecule has 2 aromatic heterocycles. The van der Waals surface area contributed by atoms with Gasteiger partial charge in [0.2, 0.25) is 88.6 Å². The van der Waals surface area contributed by atoms with Crippen molar-refractivity contribution in [2.45, 2.75) is 171 Å². The average molecular weight is 1600 g/mol. The number of hydrogen-bond donors (Lipinski definition) is 22. The molecule has 12 atom stereocenters. The topological polar surface area (TPSA) is 588 Å². The first kappa shape index (κ1) is 89.8. The van der Waals surface area contributed by atoms with E-state index in [0.29, 0.717) is 44.1 Å². The molecule has 23 N–H and O–H groups in total. The Balaban J connectivity index is 1.30. The molecule has 4 aromatic carbocycles. The van der Waals surface area contributed by atoms with Gasteiger partial charge in [-0.25, -0.2) is 0 Å². The molecule has 113 heavy (non-hydrogen) atoms. The lowest BCUT2D eigenvalue weighted by atomic mass is 9.99. The number of para-hydroxylation sites is 2. The van der Waals surface area contributed by atoms with E-state index in [1.165, 1.54) is 38.1 Å². The molecular weight excluding hydrogens is 1510 g/mol. The predicted molar refractivity (Wildman–Crippen MR) is 418 cm³/mol. The molecule has 0 spiro atoms. The van der Waals surface area contributed by atoms with Gasteiger partial charge in [-0.15, -0.1) is 0 Å². The van der Waals surface area contributed by atoms with Crippen LogP contribution in [-0.4, -0.2) is 210 Å². The first-order chi connectivity index (χ1) is 53.6. The number of carbonyl (C=O) groups is 16. The number of rotatable bonds is 46. The third-order valence-corrected chi connectivity index (χ3v) is 18.6. The van der Waals surface area contributed by atoms with Crippen molar-refractivity contribution >= 4 is 142 Å². The van der Waals surface area contributed by atoms with Gasteiger partial charge in [-0.05, 0) is 85.0 Å². The maximum Gasteiger partial charge on any atom is 0.303 e. The van der Waals surface area contributed by atoms with E-state index in [1.807, 2.05) is 0 Å². The maximum atomic E-state index is 15.2. The van der Waals surface area contributed by atoms with Gasteiger partial charge in [0.15, 0.2) is 0 Å². The Morgan fingerprint density at radius 1 is 0.398 bits per heavy atom. The molecule has 0 fully saturated rings. The number of primary amides is 3. The molecule has 0 saturated heterocycles. The van der Waals surface area contributed by atoms with Crippen molar-refractivity contribution in [3.05, 3.63) is 138 Å². The SMILES string of the molecule is CC(=O)N[C@@H](CS)C(=O)N[C@@H](Cc1ccccc1)C(=O)N[C@H](C(=O)N[C@@H](Cc1c[nH]c2ccccc12)C(=O)N[C@@H](CCC(N)=O)C(=O)N[C@@H](CS)C(=O)N[C@@H](Cc1ccc(O)cc1)C(=O)N[C@@H](Cc1c[nH]c2ccccc12)C(=O)N[C@@H](CCC(C)C)C(=O)N[C@@H](CCC(=O)O)C(=O)N[C@@H](CC(N)=O)C(=O)NCC(N)=O)[C@@H](C)O. The summed E-state index contributed by atoms with van der Waals surface area (Å²) in [5.41, 5.74) is 19.1. The summed E-state index contributed by atoms with van der Waals surface area (Å²) in [6.07, 6.45) is -2.80. The lowest BCUT2D eigenvalue weighted by molar-refractivity contribution is -0.139. The number of aromatic nitrogens is 2. The van der Waals surface area contributed by atoms with Gasteiger partial charge in [0.25, 0.3) is 0 Å². The fourth-order valence-electron chi connectivity index (χ4n) is 11.9. The molecule has 0 unspecified atom stereocenters. The highest BCUT2D eigenvalue weighted by Crippen LogP contribution is 2.23. The second-order valence-electron chi connectivity index (χ2n) is 27.3. The van der Waals surface area contributed by atoms with E-state index >= 15 is 9.59 Å². The van der Waals surface area contributed by atoms with Crippen molar-refractivity contribution in [2.75, 3.05) is 18.1 Å². The number of aliphatic carboxylic acids is 1. The van der Waals surface area contributed by atoms with E-state index in [-0.39, 0.29) is 55.9 Å². The standard InChI is InChI=1S/C75H97N17O19S2/c1-38(2)18-23-50(66(102)83-52(25-27-63(99)100)67(103)89-57(32-61(77)97)65(101)81-35-62(78)98)84-70(106)55(30-43-33-79-48-16-10-8-14-46(43)48)88-69(105)53(29-42-19-21-45(95)22-20-42)86-74(110)59(37-113)91-68(104)51(24-26-60(76)96)85-71(107)56(31-44-34-80-49-17-11-9-15-47(44)49)90-75(111)64(39(3)93)92-72(108)54(28-41-12-6-5-7-13-41)87-73(109)58(36-112)82-40(4)94/h5-17,19-22,33-34,38-39,50-59,64,79-80,93,95,112-113H,18,23-32,35-37H2,1-4H3,(H2,76,96)(H2,77,97)(H2,78,98)(H,81,101)(H,82,94)(H,83,102)(H,84,106)(H,85,107)(H,86,110)(H,87,109)(H,88,105)(H,89,103)(H,90,111)(H,91,104)(H,92,108)(H,99,100)/t39-,50+,51+,52+,53+,54+,55+,56+,57+,58+,59+,64+/m1/s1. The monoisotopic (exact) mass is 1600 g/mol. The van der Waals surface area contributed by atoms with Crippen LogP contribution in [0.15, 0.2) is 116 Å². The van der Waals surface area contributed by atoms with Crippen molar-refractivity contribution in [3.8, 4) is 5.75 Å². The summed E-state index contributed by atoms with van der Waals surface area (Å²) in [6, 6.07) is 9.74. The van der Waals surface area contributed by atoms with Gasteiger partial charge < -0.3 is 106 Å². The number of benzene rings is 4. The molecular formula is C75H97N17O19S2. The second kappa shape index (κ2) is 44.1. The number of phenols is 1. The van der Waals surface area contributed by atoms with Crippen LogP contribution in [0.3, 0.4) is 0 Å². The van der Waals surface area contributed by atoms with Gasteiger partial charge in [0.05, 0.1) is 19.1 Å². The summed E-state index contributed by atoms with van der Waals surface area (Å²) in [7, 11) is 0. The molecule has 15 amide bonds. The van der Waals surface area contributed by atoms with E-state index in [1.54, 1.807) is 105 Å². The molecule has 0 aliphatic rings. The summed E-state index contributed by atoms with van der Waals surface area (Å²) < 4.78 is 0. The number of carboxylic acid groups (broad SMARTS) is 1. The fraction of sp³-hybridized carbons (Fsp3) is 0.413. The number of carboxylic acids is 1. The van der Waals surface area contributed by atoms with E-state index in [2.05, 4.69) is 99.0 Å². The zero-order chi connectivity index (χ0) is 83.2. The molecule has 0 bridgehead atoms. The molecule has 0 aliphatic heterocycles. The van der Waals surface area contributed by atoms with Gasteiger partial charge in [-0.1, -0.05) is 92.7 Å². The van der Waals surface area contributed by atoms with Crippen LogP contribution in [0.4, 0.5) is 0 Å². The first-order valence-electron chi connectivity index (χ1n) is 36.1. The van der Waals surface area contributed by atoms with Crippen molar-refractivity contribution in [3.63, 3.8) is 0 Å². The molecule has 0 radical (unpaired) electrons. The Kier molecular flexibility index (Phi) is 35.1. The van der Waals surface area contributed by atoms with Crippen LogP contribution >= 0.6 is 25.3 Å². The highest BCUT2D eigenvalue weighted by Gasteiger charge is 2.39. The molecule has 608 valence electrons. The summed E-state index contributed by atoms with van der Waals surface area (Å²) in [5.74, 6) is -17.5. The van der Waals surface area contributed by atoms with Crippen LogP contribution in [0.25, 0.3) is 21.8 Å². The number of aliphatic hydroxyl groups is 1. The molecule has 2 heterocycles. The third-order valence-electron chi connectivity index (χ3n) is 17.9. The van der Waals surface area contributed by atoms with Gasteiger partial charge in [-0.3, -0.25) is 76.7 Å². The van der Waals surface area contributed by atoms with Crippen LogP contribution in [0.1, 0.15) is 94.9 Å². The third kappa shape index (κ3) is 29.0.